The minimum Gasteiger partial charge on any atom is -0.327 e. The molecular formula is C18H18FN3O3S. The molecule has 0 bridgehead atoms. The molecule has 2 aliphatic rings. The minimum atomic E-state index is -3.76. The minimum absolute atomic E-state index is 0.0721. The standard InChI is InChI=1S/C18H18FN3O3S/c1-12-5-6-15-17(20-12)16-11-21(7-8-22(16)18(15)23)26(24,25)14-4-2-3-13(9-14)10-19/h2-6,9,16H,7-8,10-11H2,1H3. The van der Waals surface area contributed by atoms with Gasteiger partial charge in [-0.2, -0.15) is 4.31 Å². The average Bonchev–Trinajstić information content (AvgIpc) is 2.93. The smallest absolute Gasteiger partial charge is 0.256 e. The maximum atomic E-state index is 13.0. The van der Waals surface area contributed by atoms with Gasteiger partial charge in [0.15, 0.2) is 0 Å². The zero-order valence-corrected chi connectivity index (χ0v) is 15.0. The van der Waals surface area contributed by atoms with Gasteiger partial charge in [-0.1, -0.05) is 12.1 Å². The molecule has 0 N–H and O–H groups in total. The van der Waals surface area contributed by atoms with Gasteiger partial charge in [-0.3, -0.25) is 9.78 Å². The second-order valence-electron chi connectivity index (χ2n) is 6.54. The fraction of sp³-hybridized carbons (Fsp3) is 0.333. The summed E-state index contributed by atoms with van der Waals surface area (Å²) < 4.78 is 40.2. The summed E-state index contributed by atoms with van der Waals surface area (Å²) in [6.07, 6.45) is 0. The molecule has 1 amide bonds. The molecule has 1 unspecified atom stereocenters. The number of hydrogen-bond acceptors (Lipinski definition) is 4. The summed E-state index contributed by atoms with van der Waals surface area (Å²) in [6, 6.07) is 9.07. The molecule has 136 valence electrons. The Morgan fingerprint density at radius 1 is 1.23 bits per heavy atom. The fourth-order valence-electron chi connectivity index (χ4n) is 3.56. The predicted octanol–water partition coefficient (Wildman–Crippen LogP) is 2.06. The number of fused-ring (bicyclic) bond motifs is 3. The van der Waals surface area contributed by atoms with Crippen LogP contribution in [0.5, 0.6) is 0 Å². The van der Waals surface area contributed by atoms with Crippen molar-refractivity contribution in [2.24, 2.45) is 0 Å². The Balaban J connectivity index is 1.68. The van der Waals surface area contributed by atoms with Crippen molar-refractivity contribution in [2.75, 3.05) is 19.6 Å². The monoisotopic (exact) mass is 375 g/mol. The molecule has 1 aromatic heterocycles. The van der Waals surface area contributed by atoms with Crippen LogP contribution in [0.4, 0.5) is 4.39 Å². The summed E-state index contributed by atoms with van der Waals surface area (Å²) in [5, 5.41) is 0. The molecule has 4 rings (SSSR count). The predicted molar refractivity (Wildman–Crippen MR) is 92.8 cm³/mol. The highest BCUT2D eigenvalue weighted by atomic mass is 32.2. The first kappa shape index (κ1) is 17.1. The third kappa shape index (κ3) is 2.60. The van der Waals surface area contributed by atoms with Gasteiger partial charge >= 0.3 is 0 Å². The second kappa shape index (κ2) is 6.14. The lowest BCUT2D eigenvalue weighted by molar-refractivity contribution is 0.0625. The fourth-order valence-corrected chi connectivity index (χ4v) is 5.07. The van der Waals surface area contributed by atoms with E-state index in [2.05, 4.69) is 4.98 Å². The van der Waals surface area contributed by atoms with E-state index in [1.807, 2.05) is 6.92 Å². The topological polar surface area (TPSA) is 70.6 Å². The lowest BCUT2D eigenvalue weighted by Crippen LogP contribution is -2.49. The number of benzene rings is 1. The maximum Gasteiger partial charge on any atom is 0.256 e. The first-order valence-electron chi connectivity index (χ1n) is 8.35. The summed E-state index contributed by atoms with van der Waals surface area (Å²) in [5.41, 5.74) is 2.28. The van der Waals surface area contributed by atoms with Gasteiger partial charge in [0.05, 0.1) is 22.2 Å². The van der Waals surface area contributed by atoms with Crippen LogP contribution in [-0.4, -0.2) is 48.1 Å². The van der Waals surface area contributed by atoms with Gasteiger partial charge < -0.3 is 4.90 Å². The Kier molecular flexibility index (Phi) is 4.04. The largest absolute Gasteiger partial charge is 0.327 e. The van der Waals surface area contributed by atoms with Crippen LogP contribution in [0.2, 0.25) is 0 Å². The lowest BCUT2D eigenvalue weighted by atomic mass is 10.1. The maximum absolute atomic E-state index is 13.0. The molecule has 0 aliphatic carbocycles. The molecule has 8 heteroatoms. The van der Waals surface area contributed by atoms with Crippen LogP contribution in [-0.2, 0) is 16.7 Å². The van der Waals surface area contributed by atoms with E-state index in [0.29, 0.717) is 23.4 Å². The molecule has 3 heterocycles. The van der Waals surface area contributed by atoms with Gasteiger partial charge in [0.1, 0.15) is 6.67 Å². The summed E-state index contributed by atoms with van der Waals surface area (Å²) in [7, 11) is -3.76. The molecule has 2 aromatic rings. The SMILES string of the molecule is Cc1ccc2c(n1)C1CN(S(=O)(=O)c3cccc(CF)c3)CCN1C2=O. The van der Waals surface area contributed by atoms with Crippen LogP contribution in [0.15, 0.2) is 41.3 Å². The molecule has 0 radical (unpaired) electrons. The van der Waals surface area contributed by atoms with Crippen molar-refractivity contribution in [2.45, 2.75) is 24.5 Å². The normalized spacial score (nSPS) is 20.2. The van der Waals surface area contributed by atoms with Gasteiger partial charge in [0.25, 0.3) is 5.91 Å². The summed E-state index contributed by atoms with van der Waals surface area (Å²) in [6.45, 7) is 1.79. The van der Waals surface area contributed by atoms with Crippen molar-refractivity contribution in [1.29, 1.82) is 0 Å². The van der Waals surface area contributed by atoms with Crippen molar-refractivity contribution in [1.82, 2.24) is 14.2 Å². The number of aromatic nitrogens is 1. The highest BCUT2D eigenvalue weighted by Crippen LogP contribution is 2.36. The van der Waals surface area contributed by atoms with Gasteiger partial charge in [-0.25, -0.2) is 12.8 Å². The highest BCUT2D eigenvalue weighted by Gasteiger charge is 2.44. The van der Waals surface area contributed by atoms with E-state index >= 15 is 0 Å². The number of piperazine rings is 1. The third-order valence-electron chi connectivity index (χ3n) is 4.90. The van der Waals surface area contributed by atoms with E-state index in [1.54, 1.807) is 23.1 Å². The van der Waals surface area contributed by atoms with E-state index in [1.165, 1.54) is 22.5 Å². The van der Waals surface area contributed by atoms with Crippen molar-refractivity contribution in [3.05, 3.63) is 58.9 Å². The molecular weight excluding hydrogens is 357 g/mol. The summed E-state index contributed by atoms with van der Waals surface area (Å²) in [5.74, 6) is -0.103. The number of alkyl halides is 1. The molecule has 1 fully saturated rings. The highest BCUT2D eigenvalue weighted by molar-refractivity contribution is 7.89. The van der Waals surface area contributed by atoms with E-state index in [-0.39, 0.29) is 29.9 Å². The number of amides is 1. The Bertz CT molecular complexity index is 993. The molecule has 26 heavy (non-hydrogen) atoms. The number of nitrogens with zero attached hydrogens (tertiary/aromatic N) is 3. The molecule has 1 atom stereocenters. The van der Waals surface area contributed by atoms with Gasteiger partial charge in [0, 0.05) is 25.3 Å². The van der Waals surface area contributed by atoms with E-state index in [9.17, 15) is 17.6 Å². The average molecular weight is 375 g/mol. The Morgan fingerprint density at radius 2 is 2.04 bits per heavy atom. The van der Waals surface area contributed by atoms with Gasteiger partial charge in [0.2, 0.25) is 10.0 Å². The zero-order valence-electron chi connectivity index (χ0n) is 14.2. The van der Waals surface area contributed by atoms with Crippen LogP contribution in [0, 0.1) is 6.92 Å². The van der Waals surface area contributed by atoms with Crippen LogP contribution < -0.4 is 0 Å². The molecule has 0 spiro atoms. The molecule has 1 saturated heterocycles. The Morgan fingerprint density at radius 3 is 2.81 bits per heavy atom. The summed E-state index contributed by atoms with van der Waals surface area (Å²) >= 11 is 0. The molecule has 1 aromatic carbocycles. The van der Waals surface area contributed by atoms with Crippen LogP contribution in [0.25, 0.3) is 0 Å². The molecule has 0 saturated carbocycles. The number of sulfonamides is 1. The number of pyridine rings is 1. The number of carbonyl (C=O) groups is 1. The first-order valence-corrected chi connectivity index (χ1v) is 9.79. The van der Waals surface area contributed by atoms with Crippen molar-refractivity contribution < 1.29 is 17.6 Å². The Hall–Kier alpha value is -2.32. The quantitative estimate of drug-likeness (QED) is 0.823. The van der Waals surface area contributed by atoms with E-state index < -0.39 is 16.7 Å². The number of carbonyl (C=O) groups excluding carboxylic acids is 1. The number of aryl methyl sites for hydroxylation is 1. The van der Waals surface area contributed by atoms with Crippen LogP contribution >= 0.6 is 0 Å². The van der Waals surface area contributed by atoms with Gasteiger partial charge in [-0.15, -0.1) is 0 Å². The lowest BCUT2D eigenvalue weighted by Gasteiger charge is -2.36. The number of halogens is 1. The van der Waals surface area contributed by atoms with Gasteiger partial charge in [-0.05, 0) is 36.8 Å². The number of hydrogen-bond donors (Lipinski definition) is 0. The Labute approximate surface area is 151 Å². The van der Waals surface area contributed by atoms with Crippen LogP contribution in [0.3, 0.4) is 0 Å². The number of rotatable bonds is 3. The molecule has 6 nitrogen and oxygen atoms in total. The van der Waals surface area contributed by atoms with Crippen molar-refractivity contribution in [3.63, 3.8) is 0 Å². The molecule has 2 aliphatic heterocycles. The summed E-state index contributed by atoms with van der Waals surface area (Å²) in [4.78, 5) is 18.8. The third-order valence-corrected chi connectivity index (χ3v) is 6.77. The van der Waals surface area contributed by atoms with Crippen LogP contribution in [0.1, 0.15) is 33.4 Å². The van der Waals surface area contributed by atoms with Crippen molar-refractivity contribution >= 4 is 15.9 Å². The zero-order chi connectivity index (χ0) is 18.5. The van der Waals surface area contributed by atoms with Crippen molar-refractivity contribution in [3.8, 4) is 0 Å². The van der Waals surface area contributed by atoms with E-state index in [4.69, 9.17) is 0 Å². The first-order chi connectivity index (χ1) is 12.4. The van der Waals surface area contributed by atoms with E-state index in [0.717, 1.165) is 5.69 Å². The second-order valence-corrected chi connectivity index (χ2v) is 8.48.